The molecule has 0 radical (unpaired) electrons. The lowest BCUT2D eigenvalue weighted by Crippen LogP contribution is -2.31. The predicted molar refractivity (Wildman–Crippen MR) is 75.3 cm³/mol. The van der Waals surface area contributed by atoms with Crippen molar-refractivity contribution in [2.45, 2.75) is 13.5 Å². The summed E-state index contributed by atoms with van der Waals surface area (Å²) < 4.78 is 5.04. The number of hydrogen-bond donors (Lipinski definition) is 1. The number of aryl methyl sites for hydroxylation is 1. The van der Waals surface area contributed by atoms with E-state index in [0.717, 1.165) is 5.56 Å². The van der Waals surface area contributed by atoms with Gasteiger partial charge in [0.25, 0.3) is 5.91 Å². The van der Waals surface area contributed by atoms with Gasteiger partial charge < -0.3 is 10.1 Å². The first-order valence-corrected chi connectivity index (χ1v) is 6.41. The summed E-state index contributed by atoms with van der Waals surface area (Å²) in [5.74, 6) is -0.966. The van der Waals surface area contributed by atoms with Crippen molar-refractivity contribution in [2.75, 3.05) is 6.54 Å². The third-order valence-corrected chi connectivity index (χ3v) is 2.65. The Morgan fingerprint density at radius 3 is 2.57 bits per heavy atom. The van der Waals surface area contributed by atoms with E-state index < -0.39 is 11.9 Å². The Morgan fingerprint density at radius 2 is 1.90 bits per heavy atom. The number of ether oxygens (including phenoxy) is 1. The normalized spacial score (nSPS) is 9.95. The van der Waals surface area contributed by atoms with Crippen molar-refractivity contribution in [2.24, 2.45) is 0 Å². The van der Waals surface area contributed by atoms with Crippen molar-refractivity contribution < 1.29 is 14.3 Å². The Balaban J connectivity index is 1.76. The highest BCUT2D eigenvalue weighted by molar-refractivity contribution is 5.93. The summed E-state index contributed by atoms with van der Waals surface area (Å²) >= 11 is 0. The van der Waals surface area contributed by atoms with E-state index in [1.54, 1.807) is 6.92 Å². The third kappa shape index (κ3) is 4.68. The first kappa shape index (κ1) is 14.6. The highest BCUT2D eigenvalue weighted by Gasteiger charge is 2.10. The molecule has 1 N–H and O–H groups in total. The maximum Gasteiger partial charge on any atom is 0.325 e. The lowest BCUT2D eigenvalue weighted by molar-refractivity contribution is -0.143. The number of carbonyl (C=O) groups excluding carboxylic acids is 2. The fourth-order valence-corrected chi connectivity index (χ4v) is 1.54. The van der Waals surface area contributed by atoms with Crippen LogP contribution in [0.15, 0.2) is 42.7 Å². The van der Waals surface area contributed by atoms with Crippen LogP contribution >= 0.6 is 0 Å². The predicted octanol–water partition coefficient (Wildman–Crippen LogP) is 1.26. The number of aromatic nitrogens is 2. The van der Waals surface area contributed by atoms with E-state index in [4.69, 9.17) is 4.74 Å². The summed E-state index contributed by atoms with van der Waals surface area (Å²) in [5, 5.41) is 2.44. The fourth-order valence-electron chi connectivity index (χ4n) is 1.54. The van der Waals surface area contributed by atoms with Crippen LogP contribution in [0.1, 0.15) is 21.7 Å². The Hall–Kier alpha value is -2.76. The number of esters is 1. The lowest BCUT2D eigenvalue weighted by atomic mass is 10.2. The van der Waals surface area contributed by atoms with E-state index in [1.165, 1.54) is 12.4 Å². The van der Waals surface area contributed by atoms with E-state index in [2.05, 4.69) is 15.3 Å². The molecule has 0 fully saturated rings. The quantitative estimate of drug-likeness (QED) is 0.836. The minimum absolute atomic E-state index is 0.163. The van der Waals surface area contributed by atoms with Gasteiger partial charge in [-0.05, 0) is 12.5 Å². The van der Waals surface area contributed by atoms with E-state index in [0.29, 0.717) is 5.69 Å². The number of nitrogens with zero attached hydrogens (tertiary/aromatic N) is 2. The summed E-state index contributed by atoms with van der Waals surface area (Å²) in [6, 6.07) is 9.32. The van der Waals surface area contributed by atoms with Crippen molar-refractivity contribution in [3.8, 4) is 0 Å². The van der Waals surface area contributed by atoms with Crippen LogP contribution in [0.5, 0.6) is 0 Å². The van der Waals surface area contributed by atoms with Crippen molar-refractivity contribution in [1.29, 1.82) is 0 Å². The van der Waals surface area contributed by atoms with E-state index in [-0.39, 0.29) is 18.8 Å². The molecule has 0 aliphatic heterocycles. The van der Waals surface area contributed by atoms with E-state index in [1.807, 2.05) is 30.3 Å². The topological polar surface area (TPSA) is 81.2 Å². The van der Waals surface area contributed by atoms with Crippen LogP contribution in [0.4, 0.5) is 0 Å². The van der Waals surface area contributed by atoms with Gasteiger partial charge >= 0.3 is 5.97 Å². The Morgan fingerprint density at radius 1 is 1.14 bits per heavy atom. The maximum atomic E-state index is 11.7. The number of benzene rings is 1. The van der Waals surface area contributed by atoms with Gasteiger partial charge in [-0.15, -0.1) is 0 Å². The zero-order valence-electron chi connectivity index (χ0n) is 11.6. The SMILES string of the molecule is Cc1cnc(C(=O)NCC(=O)OCc2ccccc2)cn1. The Kier molecular flexibility index (Phi) is 4.98. The van der Waals surface area contributed by atoms with Crippen LogP contribution in [0.25, 0.3) is 0 Å². The van der Waals surface area contributed by atoms with Crippen LogP contribution in [-0.4, -0.2) is 28.4 Å². The molecule has 0 atom stereocenters. The highest BCUT2D eigenvalue weighted by atomic mass is 16.5. The molecule has 0 spiro atoms. The summed E-state index contributed by atoms with van der Waals surface area (Å²) in [6.07, 6.45) is 2.85. The molecule has 0 saturated heterocycles. The van der Waals surface area contributed by atoms with Gasteiger partial charge in [0.15, 0.2) is 0 Å². The van der Waals surface area contributed by atoms with Gasteiger partial charge in [0, 0.05) is 6.20 Å². The average molecular weight is 285 g/mol. The van der Waals surface area contributed by atoms with Crippen molar-refractivity contribution in [1.82, 2.24) is 15.3 Å². The van der Waals surface area contributed by atoms with Gasteiger partial charge in [0.1, 0.15) is 18.8 Å². The van der Waals surface area contributed by atoms with Crippen molar-refractivity contribution >= 4 is 11.9 Å². The molecule has 0 aliphatic carbocycles. The first-order valence-electron chi connectivity index (χ1n) is 6.41. The molecule has 21 heavy (non-hydrogen) atoms. The minimum atomic E-state index is -0.507. The Bertz CT molecular complexity index is 612. The van der Waals surface area contributed by atoms with Crippen LogP contribution in [0, 0.1) is 6.92 Å². The van der Waals surface area contributed by atoms with Gasteiger partial charge in [-0.25, -0.2) is 4.98 Å². The van der Waals surface area contributed by atoms with E-state index >= 15 is 0 Å². The minimum Gasteiger partial charge on any atom is -0.460 e. The first-order chi connectivity index (χ1) is 10.1. The maximum absolute atomic E-state index is 11.7. The van der Waals surface area contributed by atoms with Gasteiger partial charge in [-0.3, -0.25) is 14.6 Å². The summed E-state index contributed by atoms with van der Waals surface area (Å²) in [7, 11) is 0. The summed E-state index contributed by atoms with van der Waals surface area (Å²) in [5.41, 5.74) is 1.77. The molecule has 0 bridgehead atoms. The second-order valence-corrected chi connectivity index (χ2v) is 4.37. The molecule has 6 nitrogen and oxygen atoms in total. The number of amides is 1. The third-order valence-electron chi connectivity index (χ3n) is 2.65. The molecule has 0 unspecified atom stereocenters. The summed E-state index contributed by atoms with van der Waals surface area (Å²) in [4.78, 5) is 31.1. The zero-order valence-corrected chi connectivity index (χ0v) is 11.6. The van der Waals surface area contributed by atoms with Crippen LogP contribution in [-0.2, 0) is 16.1 Å². The van der Waals surface area contributed by atoms with Crippen LogP contribution < -0.4 is 5.32 Å². The molecule has 0 saturated carbocycles. The lowest BCUT2D eigenvalue weighted by Gasteiger charge is -2.06. The molecule has 6 heteroatoms. The standard InChI is InChI=1S/C15H15N3O3/c1-11-7-17-13(8-16-11)15(20)18-9-14(19)21-10-12-5-3-2-4-6-12/h2-8H,9-10H2,1H3,(H,18,20). The molecule has 0 aliphatic rings. The second kappa shape index (κ2) is 7.14. The molecule has 2 rings (SSSR count). The molecule has 1 heterocycles. The van der Waals surface area contributed by atoms with E-state index in [9.17, 15) is 9.59 Å². The largest absolute Gasteiger partial charge is 0.460 e. The van der Waals surface area contributed by atoms with Crippen LogP contribution in [0.3, 0.4) is 0 Å². The number of rotatable bonds is 5. The number of carbonyl (C=O) groups is 2. The highest BCUT2D eigenvalue weighted by Crippen LogP contribution is 2.00. The second-order valence-electron chi connectivity index (χ2n) is 4.37. The fraction of sp³-hybridized carbons (Fsp3) is 0.200. The van der Waals surface area contributed by atoms with Gasteiger partial charge in [0.05, 0.1) is 11.9 Å². The number of nitrogens with one attached hydrogen (secondary N) is 1. The molecule has 2 aromatic rings. The molecular formula is C15H15N3O3. The molecule has 1 aromatic heterocycles. The van der Waals surface area contributed by atoms with Gasteiger partial charge in [-0.1, -0.05) is 30.3 Å². The molecule has 1 aromatic carbocycles. The number of hydrogen-bond acceptors (Lipinski definition) is 5. The van der Waals surface area contributed by atoms with Crippen LogP contribution in [0.2, 0.25) is 0 Å². The monoisotopic (exact) mass is 285 g/mol. The molecular weight excluding hydrogens is 270 g/mol. The molecule has 1 amide bonds. The smallest absolute Gasteiger partial charge is 0.325 e. The summed E-state index contributed by atoms with van der Waals surface area (Å²) in [6.45, 7) is 1.75. The molecule has 108 valence electrons. The Labute approximate surface area is 122 Å². The average Bonchev–Trinajstić information content (AvgIpc) is 2.52. The van der Waals surface area contributed by atoms with Gasteiger partial charge in [-0.2, -0.15) is 0 Å². The van der Waals surface area contributed by atoms with Crippen molar-refractivity contribution in [3.05, 3.63) is 59.7 Å². The zero-order chi connectivity index (χ0) is 15.1. The van der Waals surface area contributed by atoms with Crippen molar-refractivity contribution in [3.63, 3.8) is 0 Å². The van der Waals surface area contributed by atoms with Gasteiger partial charge in [0.2, 0.25) is 0 Å².